The Kier molecular flexibility index (Phi) is 5.46. The lowest BCUT2D eigenvalue weighted by molar-refractivity contribution is -0.141. The molecule has 1 saturated heterocycles. The number of rotatable bonds is 4. The lowest BCUT2D eigenvalue weighted by Gasteiger charge is -2.37. The Morgan fingerprint density at radius 2 is 2.11 bits per heavy atom. The number of carboxylic acid groups (broad SMARTS) is 1. The first kappa shape index (κ1) is 15.6. The number of aliphatic carboxylic acids is 1. The Labute approximate surface area is 115 Å². The van der Waals surface area contributed by atoms with Crippen LogP contribution in [0.4, 0.5) is 4.79 Å². The molecule has 19 heavy (non-hydrogen) atoms. The summed E-state index contributed by atoms with van der Waals surface area (Å²) < 4.78 is 0. The number of carbonyl (C=O) groups excluding carboxylic acids is 2. The highest BCUT2D eigenvalue weighted by atomic mass is 32.2. The van der Waals surface area contributed by atoms with E-state index in [-0.39, 0.29) is 6.04 Å². The number of nitrogens with zero attached hydrogens (tertiary/aromatic N) is 1. The molecule has 1 fully saturated rings. The zero-order valence-electron chi connectivity index (χ0n) is 11.0. The first-order valence-electron chi connectivity index (χ1n) is 6.02. The van der Waals surface area contributed by atoms with Gasteiger partial charge in [0.25, 0.3) is 0 Å². The zero-order chi connectivity index (χ0) is 14.6. The fourth-order valence-corrected chi connectivity index (χ4v) is 2.95. The number of hydrogen-bond donors (Lipinski definition) is 3. The Morgan fingerprint density at radius 1 is 1.47 bits per heavy atom. The molecule has 0 radical (unpaired) electrons. The van der Waals surface area contributed by atoms with E-state index in [1.54, 1.807) is 16.7 Å². The highest BCUT2D eigenvalue weighted by molar-refractivity contribution is 8.00. The fraction of sp³-hybridized carbons (Fsp3) is 0.727. The molecular formula is C11H19N3O4S. The van der Waals surface area contributed by atoms with Gasteiger partial charge in [-0.3, -0.25) is 4.79 Å². The summed E-state index contributed by atoms with van der Waals surface area (Å²) >= 11 is 1.77. The number of nitrogens with one attached hydrogen (secondary N) is 1. The normalized spacial score (nSPS) is 24.6. The van der Waals surface area contributed by atoms with E-state index >= 15 is 0 Å². The molecule has 0 aromatic heterocycles. The van der Waals surface area contributed by atoms with Gasteiger partial charge in [0, 0.05) is 23.6 Å². The third-order valence-electron chi connectivity index (χ3n) is 3.15. The van der Waals surface area contributed by atoms with E-state index in [4.69, 9.17) is 10.8 Å². The van der Waals surface area contributed by atoms with Crippen LogP contribution in [-0.4, -0.2) is 57.5 Å². The molecule has 1 aliphatic rings. The van der Waals surface area contributed by atoms with E-state index in [1.165, 1.54) is 0 Å². The average Bonchev–Trinajstić information content (AvgIpc) is 2.31. The lowest BCUT2D eigenvalue weighted by atomic mass is 10.2. The minimum Gasteiger partial charge on any atom is -0.480 e. The van der Waals surface area contributed by atoms with Gasteiger partial charge in [0.05, 0.1) is 6.42 Å². The summed E-state index contributed by atoms with van der Waals surface area (Å²) in [7, 11) is 0. The second kappa shape index (κ2) is 6.65. The Hall–Kier alpha value is -1.44. The van der Waals surface area contributed by atoms with Crippen LogP contribution in [0, 0.1) is 0 Å². The van der Waals surface area contributed by atoms with Crippen molar-refractivity contribution in [2.24, 2.45) is 5.73 Å². The van der Waals surface area contributed by atoms with Crippen LogP contribution in [0.3, 0.4) is 0 Å². The molecule has 1 heterocycles. The van der Waals surface area contributed by atoms with Crippen molar-refractivity contribution in [2.45, 2.75) is 37.6 Å². The van der Waals surface area contributed by atoms with Crippen LogP contribution in [0.2, 0.25) is 0 Å². The molecule has 2 unspecified atom stereocenters. The Morgan fingerprint density at radius 3 is 2.63 bits per heavy atom. The summed E-state index contributed by atoms with van der Waals surface area (Å²) in [4.78, 5) is 35.4. The smallest absolute Gasteiger partial charge is 0.326 e. The number of amides is 3. The maximum atomic E-state index is 12.0. The van der Waals surface area contributed by atoms with E-state index < -0.39 is 30.4 Å². The number of carboxylic acids is 1. The van der Waals surface area contributed by atoms with Crippen LogP contribution in [0.25, 0.3) is 0 Å². The minimum atomic E-state index is -1.28. The van der Waals surface area contributed by atoms with E-state index in [9.17, 15) is 14.4 Å². The first-order valence-corrected chi connectivity index (χ1v) is 7.07. The predicted molar refractivity (Wildman–Crippen MR) is 71.9 cm³/mol. The second-order valence-corrected chi connectivity index (χ2v) is 6.01. The van der Waals surface area contributed by atoms with Crippen LogP contribution in [0.5, 0.6) is 0 Å². The van der Waals surface area contributed by atoms with Gasteiger partial charge >= 0.3 is 12.0 Å². The van der Waals surface area contributed by atoms with Gasteiger partial charge in [0.15, 0.2) is 0 Å². The molecule has 0 spiro atoms. The molecule has 7 nitrogen and oxygen atoms in total. The van der Waals surface area contributed by atoms with Crippen molar-refractivity contribution in [1.82, 2.24) is 10.2 Å². The quantitative estimate of drug-likeness (QED) is 0.666. The molecule has 0 aromatic rings. The third kappa shape index (κ3) is 4.30. The molecule has 3 amide bonds. The van der Waals surface area contributed by atoms with Crippen LogP contribution in [-0.2, 0) is 9.59 Å². The number of primary amides is 1. The van der Waals surface area contributed by atoms with Gasteiger partial charge in [-0.05, 0) is 6.92 Å². The van der Waals surface area contributed by atoms with Gasteiger partial charge in [-0.2, -0.15) is 11.8 Å². The number of urea groups is 1. The molecule has 1 aliphatic heterocycles. The molecular weight excluding hydrogens is 270 g/mol. The van der Waals surface area contributed by atoms with E-state index in [2.05, 4.69) is 5.32 Å². The molecule has 1 rings (SSSR count). The van der Waals surface area contributed by atoms with Gasteiger partial charge in [-0.15, -0.1) is 0 Å². The summed E-state index contributed by atoms with van der Waals surface area (Å²) in [5, 5.41) is 11.6. The second-order valence-electron chi connectivity index (χ2n) is 4.52. The third-order valence-corrected chi connectivity index (χ3v) is 4.48. The molecule has 0 aromatic carbocycles. The highest BCUT2D eigenvalue weighted by Gasteiger charge is 2.31. The SMILES string of the molecule is CC1SCCN(C(=O)N[C@H](CC(N)=O)C(=O)O)C1C. The van der Waals surface area contributed by atoms with Crippen molar-refractivity contribution < 1.29 is 19.5 Å². The number of carbonyl (C=O) groups is 3. The minimum absolute atomic E-state index is 0.0155. The van der Waals surface area contributed by atoms with Gasteiger partial charge in [0.1, 0.15) is 6.04 Å². The Bertz CT molecular complexity index is 377. The van der Waals surface area contributed by atoms with Crippen molar-refractivity contribution in [3.63, 3.8) is 0 Å². The molecule has 8 heteroatoms. The zero-order valence-corrected chi connectivity index (χ0v) is 11.8. The van der Waals surface area contributed by atoms with Crippen LogP contribution in [0.15, 0.2) is 0 Å². The van der Waals surface area contributed by atoms with Gasteiger partial charge in [-0.25, -0.2) is 9.59 Å². The maximum Gasteiger partial charge on any atom is 0.326 e. The van der Waals surface area contributed by atoms with Crippen molar-refractivity contribution in [3.8, 4) is 0 Å². The summed E-state index contributed by atoms with van der Waals surface area (Å²) in [5.41, 5.74) is 4.96. The van der Waals surface area contributed by atoms with Gasteiger partial charge < -0.3 is 21.1 Å². The molecule has 4 N–H and O–H groups in total. The molecule has 0 bridgehead atoms. The predicted octanol–water partition coefficient (Wildman–Crippen LogP) is -0.150. The average molecular weight is 289 g/mol. The van der Waals surface area contributed by atoms with Gasteiger partial charge in [-0.1, -0.05) is 6.92 Å². The van der Waals surface area contributed by atoms with Crippen molar-refractivity contribution >= 4 is 29.7 Å². The van der Waals surface area contributed by atoms with Crippen LogP contribution >= 0.6 is 11.8 Å². The topological polar surface area (TPSA) is 113 Å². The lowest BCUT2D eigenvalue weighted by Crippen LogP contribution is -2.55. The highest BCUT2D eigenvalue weighted by Crippen LogP contribution is 2.24. The van der Waals surface area contributed by atoms with Crippen LogP contribution in [0.1, 0.15) is 20.3 Å². The van der Waals surface area contributed by atoms with Crippen LogP contribution < -0.4 is 11.1 Å². The summed E-state index contributed by atoms with van der Waals surface area (Å²) in [5.74, 6) is -1.21. The maximum absolute atomic E-state index is 12.0. The van der Waals surface area contributed by atoms with E-state index in [0.29, 0.717) is 11.8 Å². The number of nitrogens with two attached hydrogens (primary N) is 1. The van der Waals surface area contributed by atoms with E-state index in [1.807, 2.05) is 13.8 Å². The largest absolute Gasteiger partial charge is 0.480 e. The standard InChI is InChI=1S/C11H19N3O4S/c1-6-7(2)19-4-3-14(6)11(18)13-8(10(16)17)5-9(12)15/h6-8H,3-5H2,1-2H3,(H2,12,15)(H,13,18)(H,16,17)/t6?,7?,8-/m1/s1. The molecule has 108 valence electrons. The first-order chi connectivity index (χ1) is 8.82. The summed E-state index contributed by atoms with van der Waals surface area (Å²) in [6, 6.07) is -1.72. The molecule has 3 atom stereocenters. The van der Waals surface area contributed by atoms with Gasteiger partial charge in [0.2, 0.25) is 5.91 Å². The Balaban J connectivity index is 2.65. The van der Waals surface area contributed by atoms with Crippen molar-refractivity contribution in [3.05, 3.63) is 0 Å². The summed E-state index contributed by atoms with van der Waals surface area (Å²) in [6.45, 7) is 4.50. The number of thioether (sulfide) groups is 1. The number of hydrogen-bond acceptors (Lipinski definition) is 4. The molecule has 0 aliphatic carbocycles. The summed E-state index contributed by atoms with van der Waals surface area (Å²) in [6.07, 6.45) is -0.409. The monoisotopic (exact) mass is 289 g/mol. The van der Waals surface area contributed by atoms with Crippen molar-refractivity contribution in [2.75, 3.05) is 12.3 Å². The van der Waals surface area contributed by atoms with Crippen molar-refractivity contribution in [1.29, 1.82) is 0 Å². The fourth-order valence-electron chi connectivity index (χ4n) is 1.85. The van der Waals surface area contributed by atoms with E-state index in [0.717, 1.165) is 5.75 Å². The molecule has 0 saturated carbocycles.